The minimum absolute atomic E-state index is 0.227. The van der Waals surface area contributed by atoms with Gasteiger partial charge in [0.05, 0.1) is 12.8 Å². The van der Waals surface area contributed by atoms with Crippen LogP contribution in [0.3, 0.4) is 0 Å². The van der Waals surface area contributed by atoms with Crippen molar-refractivity contribution in [1.82, 2.24) is 0 Å². The topological polar surface area (TPSA) is 25.5 Å². The number of hydrogen-bond donors (Lipinski definition) is 0. The molecule has 0 saturated heterocycles. The molecule has 0 amide bonds. The maximum atomic E-state index is 12.6. The number of benzene rings is 1. The van der Waals surface area contributed by atoms with E-state index in [2.05, 4.69) is 4.99 Å². The average Bonchev–Trinajstić information content (AvgIpc) is 2.67. The molecule has 3 heteroatoms. The van der Waals surface area contributed by atoms with E-state index < -0.39 is 0 Å². The minimum atomic E-state index is -0.227. The van der Waals surface area contributed by atoms with Gasteiger partial charge in [-0.15, -0.1) is 0 Å². The van der Waals surface area contributed by atoms with Crippen LogP contribution >= 0.6 is 0 Å². The van der Waals surface area contributed by atoms with Crippen LogP contribution in [0.2, 0.25) is 0 Å². The summed E-state index contributed by atoms with van der Waals surface area (Å²) in [5.41, 5.74) is 0.973. The second kappa shape index (κ2) is 4.75. The Kier molecular flexibility index (Phi) is 3.15. The Morgan fingerprint density at radius 2 is 1.94 bits per heavy atom. The third-order valence-corrected chi connectivity index (χ3v) is 2.17. The van der Waals surface area contributed by atoms with E-state index in [0.717, 1.165) is 17.1 Å². The Morgan fingerprint density at radius 3 is 2.56 bits per heavy atom. The van der Waals surface area contributed by atoms with Gasteiger partial charge in [-0.3, -0.25) is 4.99 Å². The molecular formula is C13H12FNO. The van der Waals surface area contributed by atoms with Crippen LogP contribution in [0.15, 0.2) is 45.8 Å². The molecule has 0 bridgehead atoms. The number of aliphatic imine (C=N–C) groups is 1. The summed E-state index contributed by atoms with van der Waals surface area (Å²) >= 11 is 0. The maximum absolute atomic E-state index is 12.6. The molecule has 2 rings (SSSR count). The number of aryl methyl sites for hydroxylation is 1. The highest BCUT2D eigenvalue weighted by Crippen LogP contribution is 2.06. The summed E-state index contributed by atoms with van der Waals surface area (Å²) in [5, 5.41) is 0. The fourth-order valence-electron chi connectivity index (χ4n) is 1.35. The minimum Gasteiger partial charge on any atom is -0.460 e. The van der Waals surface area contributed by atoms with Gasteiger partial charge < -0.3 is 4.42 Å². The zero-order valence-electron chi connectivity index (χ0n) is 8.98. The highest BCUT2D eigenvalue weighted by atomic mass is 19.1. The molecule has 1 heterocycles. The molecule has 0 spiro atoms. The van der Waals surface area contributed by atoms with Gasteiger partial charge in [0.25, 0.3) is 0 Å². The van der Waals surface area contributed by atoms with E-state index in [0.29, 0.717) is 6.54 Å². The summed E-state index contributed by atoms with van der Waals surface area (Å²) in [6.07, 6.45) is 1.68. The largest absolute Gasteiger partial charge is 0.460 e. The van der Waals surface area contributed by atoms with Crippen LogP contribution in [-0.2, 0) is 6.54 Å². The lowest BCUT2D eigenvalue weighted by atomic mass is 10.2. The van der Waals surface area contributed by atoms with Crippen molar-refractivity contribution in [2.75, 3.05) is 0 Å². The van der Waals surface area contributed by atoms with Crippen LogP contribution in [0, 0.1) is 12.7 Å². The monoisotopic (exact) mass is 217 g/mol. The molecule has 0 radical (unpaired) electrons. The number of hydrogen-bond acceptors (Lipinski definition) is 2. The number of halogens is 1. The molecule has 0 aliphatic carbocycles. The third-order valence-electron chi connectivity index (χ3n) is 2.17. The van der Waals surface area contributed by atoms with E-state index >= 15 is 0 Å². The lowest BCUT2D eigenvalue weighted by molar-refractivity contribution is 0.527. The van der Waals surface area contributed by atoms with Gasteiger partial charge in [0.1, 0.15) is 17.3 Å². The number of nitrogens with zero attached hydrogens (tertiary/aromatic N) is 1. The maximum Gasteiger partial charge on any atom is 0.144 e. The van der Waals surface area contributed by atoms with Crippen LogP contribution in [0.5, 0.6) is 0 Å². The molecule has 16 heavy (non-hydrogen) atoms. The SMILES string of the molecule is Cc1ccc(C=NCc2ccc(F)cc2)o1. The Labute approximate surface area is 93.4 Å². The van der Waals surface area contributed by atoms with Crippen molar-refractivity contribution >= 4 is 6.21 Å². The van der Waals surface area contributed by atoms with Crippen molar-refractivity contribution in [1.29, 1.82) is 0 Å². The molecule has 2 aromatic rings. The first-order valence-corrected chi connectivity index (χ1v) is 5.05. The lowest BCUT2D eigenvalue weighted by Crippen LogP contribution is -1.83. The van der Waals surface area contributed by atoms with Gasteiger partial charge in [0.15, 0.2) is 0 Å². The molecule has 2 nitrogen and oxygen atoms in total. The number of furan rings is 1. The molecule has 0 atom stereocenters. The summed E-state index contributed by atoms with van der Waals surface area (Å²) in [4.78, 5) is 4.21. The van der Waals surface area contributed by atoms with Crippen molar-refractivity contribution in [3.8, 4) is 0 Å². The second-order valence-corrected chi connectivity index (χ2v) is 3.54. The average molecular weight is 217 g/mol. The summed E-state index contributed by atoms with van der Waals surface area (Å²) in [5.74, 6) is 1.37. The van der Waals surface area contributed by atoms with Gasteiger partial charge in [-0.25, -0.2) is 4.39 Å². The molecule has 1 aromatic heterocycles. The first-order chi connectivity index (χ1) is 7.74. The van der Waals surface area contributed by atoms with E-state index in [9.17, 15) is 4.39 Å². The van der Waals surface area contributed by atoms with Gasteiger partial charge in [-0.2, -0.15) is 0 Å². The number of rotatable bonds is 3. The first kappa shape index (κ1) is 10.6. The smallest absolute Gasteiger partial charge is 0.144 e. The lowest BCUT2D eigenvalue weighted by Gasteiger charge is -1.94. The first-order valence-electron chi connectivity index (χ1n) is 5.05. The molecule has 0 unspecified atom stereocenters. The molecule has 0 aliphatic heterocycles. The Balaban J connectivity index is 1.97. The molecule has 82 valence electrons. The standard InChI is InChI=1S/C13H12FNO/c1-10-2-7-13(16-10)9-15-8-11-3-5-12(14)6-4-11/h2-7,9H,8H2,1H3. The highest BCUT2D eigenvalue weighted by molar-refractivity contribution is 5.75. The van der Waals surface area contributed by atoms with Gasteiger partial charge in [0.2, 0.25) is 0 Å². The summed E-state index contributed by atoms with van der Waals surface area (Å²) < 4.78 is 18.0. The third kappa shape index (κ3) is 2.79. The van der Waals surface area contributed by atoms with Gasteiger partial charge in [-0.1, -0.05) is 12.1 Å². The molecule has 0 saturated carbocycles. The molecule has 0 aliphatic rings. The van der Waals surface area contributed by atoms with Crippen molar-refractivity contribution < 1.29 is 8.81 Å². The van der Waals surface area contributed by atoms with E-state index in [1.54, 1.807) is 18.3 Å². The molecular weight excluding hydrogens is 205 g/mol. The van der Waals surface area contributed by atoms with Crippen molar-refractivity contribution in [2.24, 2.45) is 4.99 Å². The van der Waals surface area contributed by atoms with Crippen LogP contribution < -0.4 is 0 Å². The molecule has 0 N–H and O–H groups in total. The van der Waals surface area contributed by atoms with Crippen molar-refractivity contribution in [3.05, 3.63) is 59.3 Å². The van der Waals surface area contributed by atoms with Crippen LogP contribution in [0.1, 0.15) is 17.1 Å². The van der Waals surface area contributed by atoms with Gasteiger partial charge >= 0.3 is 0 Å². The van der Waals surface area contributed by atoms with E-state index in [1.165, 1.54) is 12.1 Å². The van der Waals surface area contributed by atoms with Crippen LogP contribution in [0.25, 0.3) is 0 Å². The zero-order chi connectivity index (χ0) is 11.4. The van der Waals surface area contributed by atoms with Gasteiger partial charge in [-0.05, 0) is 36.8 Å². The quantitative estimate of drug-likeness (QED) is 0.724. The Hall–Kier alpha value is -1.90. The van der Waals surface area contributed by atoms with Crippen molar-refractivity contribution in [3.63, 3.8) is 0 Å². The summed E-state index contributed by atoms with van der Waals surface area (Å²) in [6, 6.07) is 10.1. The highest BCUT2D eigenvalue weighted by Gasteiger charge is 1.94. The van der Waals surface area contributed by atoms with Gasteiger partial charge in [0, 0.05) is 0 Å². The fraction of sp³-hybridized carbons (Fsp3) is 0.154. The Morgan fingerprint density at radius 1 is 1.19 bits per heavy atom. The van der Waals surface area contributed by atoms with E-state index in [4.69, 9.17) is 4.42 Å². The Bertz CT molecular complexity index is 485. The second-order valence-electron chi connectivity index (χ2n) is 3.54. The molecule has 1 aromatic carbocycles. The van der Waals surface area contributed by atoms with Crippen molar-refractivity contribution in [2.45, 2.75) is 13.5 Å². The van der Waals surface area contributed by atoms with E-state index in [1.807, 2.05) is 19.1 Å². The van der Waals surface area contributed by atoms with E-state index in [-0.39, 0.29) is 5.82 Å². The van der Waals surface area contributed by atoms with Crippen LogP contribution in [0.4, 0.5) is 4.39 Å². The summed E-state index contributed by atoms with van der Waals surface area (Å²) in [7, 11) is 0. The predicted molar refractivity (Wildman–Crippen MR) is 61.1 cm³/mol. The summed E-state index contributed by atoms with van der Waals surface area (Å²) in [6.45, 7) is 2.41. The normalized spacial score (nSPS) is 11.1. The zero-order valence-corrected chi connectivity index (χ0v) is 8.98. The predicted octanol–water partition coefficient (Wildman–Crippen LogP) is 3.35. The molecule has 0 fully saturated rings. The fourth-order valence-corrected chi connectivity index (χ4v) is 1.35. The van der Waals surface area contributed by atoms with Crippen LogP contribution in [-0.4, -0.2) is 6.21 Å².